The fourth-order valence-corrected chi connectivity index (χ4v) is 1.66. The predicted octanol–water partition coefficient (Wildman–Crippen LogP) is 0.409. The van der Waals surface area contributed by atoms with E-state index in [-0.39, 0.29) is 12.0 Å². The highest BCUT2D eigenvalue weighted by molar-refractivity contribution is 5.85. The molecule has 124 valence electrons. The van der Waals surface area contributed by atoms with Gasteiger partial charge in [-0.05, 0) is 11.6 Å². The second-order valence-corrected chi connectivity index (χ2v) is 4.49. The zero-order valence-corrected chi connectivity index (χ0v) is 11.9. The van der Waals surface area contributed by atoms with Crippen molar-refractivity contribution in [3.8, 4) is 0 Å². The second kappa shape index (κ2) is 7.82. The van der Waals surface area contributed by atoms with Gasteiger partial charge in [0.25, 0.3) is 5.91 Å². The topological polar surface area (TPSA) is 136 Å². The number of hydrogen-bond acceptors (Lipinski definition) is 6. The van der Waals surface area contributed by atoms with Gasteiger partial charge in [0.2, 0.25) is 5.82 Å². The smallest absolute Gasteiger partial charge is 0.326 e. The molecule has 9 nitrogen and oxygen atoms in total. The van der Waals surface area contributed by atoms with Crippen molar-refractivity contribution >= 4 is 23.5 Å². The molecule has 2 N–H and O–H groups in total. The maximum Gasteiger partial charge on any atom is 0.326 e. The number of rotatable bonds is 7. The highest BCUT2D eigenvalue weighted by atomic mass is 19.1. The zero-order chi connectivity index (χ0) is 17.6. The van der Waals surface area contributed by atoms with Gasteiger partial charge in [-0.2, -0.15) is 4.39 Å². The van der Waals surface area contributed by atoms with Gasteiger partial charge in [0.1, 0.15) is 6.04 Å². The van der Waals surface area contributed by atoms with E-state index in [1.165, 1.54) is 6.07 Å². The summed E-state index contributed by atoms with van der Waals surface area (Å²) in [5.41, 5.74) is -0.642. The summed E-state index contributed by atoms with van der Waals surface area (Å²) in [6.07, 6.45) is -0.303. The molecule has 0 aromatic heterocycles. The van der Waals surface area contributed by atoms with Crippen LogP contribution in [0.15, 0.2) is 18.2 Å². The first kappa shape index (κ1) is 18.0. The molecule has 0 bridgehead atoms. The quantitative estimate of drug-likeness (QED) is 0.420. The summed E-state index contributed by atoms with van der Waals surface area (Å²) in [5, 5.41) is 21.8. The van der Waals surface area contributed by atoms with Gasteiger partial charge >= 0.3 is 17.6 Å². The van der Waals surface area contributed by atoms with Crippen LogP contribution in [0.3, 0.4) is 0 Å². The van der Waals surface area contributed by atoms with Crippen LogP contribution in [0, 0.1) is 15.9 Å². The Morgan fingerprint density at radius 3 is 2.61 bits per heavy atom. The molecule has 1 rings (SSSR count). The first-order chi connectivity index (χ1) is 10.7. The summed E-state index contributed by atoms with van der Waals surface area (Å²) in [6.45, 7) is 0.433. The van der Waals surface area contributed by atoms with E-state index in [0.717, 1.165) is 19.1 Å². The number of ether oxygens (including phenoxy) is 1. The van der Waals surface area contributed by atoms with Crippen LogP contribution in [0.25, 0.3) is 0 Å². The van der Waals surface area contributed by atoms with Gasteiger partial charge in [-0.25, -0.2) is 4.79 Å². The lowest BCUT2D eigenvalue weighted by Crippen LogP contribution is -2.44. The third kappa shape index (κ3) is 5.69. The van der Waals surface area contributed by atoms with Crippen LogP contribution in [0.1, 0.15) is 12.5 Å². The van der Waals surface area contributed by atoms with Crippen molar-refractivity contribution in [2.24, 2.45) is 0 Å². The standard InChI is InChI=1S/C13H13FN2O7/c1-7(17)23-6-12(18)15-10(13(19)20)4-8-2-3-9(14)11(5-8)16(21)22/h2-3,5,10H,4,6H2,1H3,(H,15,18)(H,19,20)/t10-/m0/s1. The minimum absolute atomic E-state index is 0.151. The van der Waals surface area contributed by atoms with Crippen LogP contribution in [0.5, 0.6) is 0 Å². The number of nitrogens with zero attached hydrogens (tertiary/aromatic N) is 1. The van der Waals surface area contributed by atoms with E-state index in [1.54, 1.807) is 0 Å². The first-order valence-electron chi connectivity index (χ1n) is 6.29. The van der Waals surface area contributed by atoms with Crippen molar-refractivity contribution in [2.75, 3.05) is 6.61 Å². The molecule has 10 heteroatoms. The molecular weight excluding hydrogens is 315 g/mol. The molecule has 0 aliphatic rings. The van der Waals surface area contributed by atoms with E-state index in [4.69, 9.17) is 5.11 Å². The number of hydrogen-bond donors (Lipinski definition) is 2. The highest BCUT2D eigenvalue weighted by Gasteiger charge is 2.23. The van der Waals surface area contributed by atoms with Gasteiger partial charge in [-0.1, -0.05) is 6.07 Å². The fraction of sp³-hybridized carbons (Fsp3) is 0.308. The lowest BCUT2D eigenvalue weighted by atomic mass is 10.0. The van der Waals surface area contributed by atoms with E-state index < -0.39 is 46.9 Å². The number of benzene rings is 1. The van der Waals surface area contributed by atoms with Crippen molar-refractivity contribution in [1.29, 1.82) is 0 Å². The monoisotopic (exact) mass is 328 g/mol. The molecule has 0 aliphatic heterocycles. The van der Waals surface area contributed by atoms with Crippen molar-refractivity contribution in [1.82, 2.24) is 5.32 Å². The van der Waals surface area contributed by atoms with E-state index in [0.29, 0.717) is 0 Å². The number of nitrogens with one attached hydrogen (secondary N) is 1. The largest absolute Gasteiger partial charge is 0.480 e. The normalized spacial score (nSPS) is 11.4. The average Bonchev–Trinajstić information content (AvgIpc) is 2.45. The average molecular weight is 328 g/mol. The lowest BCUT2D eigenvalue weighted by Gasteiger charge is -2.14. The minimum Gasteiger partial charge on any atom is -0.480 e. The van der Waals surface area contributed by atoms with Crippen LogP contribution in [-0.4, -0.2) is 40.5 Å². The number of carboxylic acids is 1. The van der Waals surface area contributed by atoms with Crippen molar-refractivity contribution in [3.05, 3.63) is 39.7 Å². The predicted molar refractivity (Wildman–Crippen MR) is 73.0 cm³/mol. The number of halogens is 1. The number of nitro groups is 1. The summed E-state index contributed by atoms with van der Waals surface area (Å²) >= 11 is 0. The summed E-state index contributed by atoms with van der Waals surface area (Å²) in [6, 6.07) is 1.50. The first-order valence-corrected chi connectivity index (χ1v) is 6.29. The summed E-state index contributed by atoms with van der Waals surface area (Å²) < 4.78 is 17.6. The number of carbonyl (C=O) groups is 3. The molecule has 0 fully saturated rings. The minimum atomic E-state index is -1.41. The van der Waals surface area contributed by atoms with Gasteiger partial charge in [0, 0.05) is 19.4 Å². The number of amides is 1. The Morgan fingerprint density at radius 2 is 2.09 bits per heavy atom. The van der Waals surface area contributed by atoms with Gasteiger partial charge in [0.05, 0.1) is 4.92 Å². The molecule has 0 unspecified atom stereocenters. The molecular formula is C13H13FN2O7. The number of nitro benzene ring substituents is 1. The number of carbonyl (C=O) groups excluding carboxylic acids is 2. The summed E-state index contributed by atoms with van der Waals surface area (Å²) in [5.74, 6) is -4.00. The molecule has 0 heterocycles. The molecule has 1 atom stereocenters. The van der Waals surface area contributed by atoms with Crippen LogP contribution in [-0.2, 0) is 25.5 Å². The van der Waals surface area contributed by atoms with Crippen LogP contribution >= 0.6 is 0 Å². The Morgan fingerprint density at radius 1 is 1.43 bits per heavy atom. The molecule has 0 saturated carbocycles. The second-order valence-electron chi connectivity index (χ2n) is 4.49. The van der Waals surface area contributed by atoms with E-state index in [2.05, 4.69) is 10.1 Å². The molecule has 1 aromatic rings. The summed E-state index contributed by atoms with van der Waals surface area (Å²) in [4.78, 5) is 42.9. The lowest BCUT2D eigenvalue weighted by molar-refractivity contribution is -0.387. The van der Waals surface area contributed by atoms with Crippen molar-refractivity contribution in [3.63, 3.8) is 0 Å². The number of esters is 1. The van der Waals surface area contributed by atoms with Gasteiger partial charge in [0.15, 0.2) is 6.61 Å². The Balaban J connectivity index is 2.82. The Labute approximate surface area is 129 Å². The molecule has 0 saturated heterocycles. The third-order valence-corrected chi connectivity index (χ3v) is 2.69. The Kier molecular flexibility index (Phi) is 6.13. The van der Waals surface area contributed by atoms with Crippen LogP contribution in [0.4, 0.5) is 10.1 Å². The zero-order valence-electron chi connectivity index (χ0n) is 11.9. The van der Waals surface area contributed by atoms with E-state index in [9.17, 15) is 28.9 Å². The van der Waals surface area contributed by atoms with Crippen LogP contribution < -0.4 is 5.32 Å². The van der Waals surface area contributed by atoms with Crippen molar-refractivity contribution in [2.45, 2.75) is 19.4 Å². The van der Waals surface area contributed by atoms with Crippen LogP contribution in [0.2, 0.25) is 0 Å². The van der Waals surface area contributed by atoms with Gasteiger partial charge in [-0.15, -0.1) is 0 Å². The molecule has 1 aromatic carbocycles. The van der Waals surface area contributed by atoms with Gasteiger partial charge < -0.3 is 15.2 Å². The molecule has 23 heavy (non-hydrogen) atoms. The maximum absolute atomic E-state index is 13.2. The maximum atomic E-state index is 13.2. The highest BCUT2D eigenvalue weighted by Crippen LogP contribution is 2.19. The summed E-state index contributed by atoms with van der Waals surface area (Å²) in [7, 11) is 0. The third-order valence-electron chi connectivity index (χ3n) is 2.69. The Bertz CT molecular complexity index is 647. The van der Waals surface area contributed by atoms with Crippen molar-refractivity contribution < 1.29 is 33.5 Å². The fourth-order valence-electron chi connectivity index (χ4n) is 1.66. The van der Waals surface area contributed by atoms with E-state index in [1.807, 2.05) is 0 Å². The number of carboxylic acid groups (broad SMARTS) is 1. The molecule has 0 spiro atoms. The molecule has 1 amide bonds. The number of aliphatic carboxylic acids is 1. The SMILES string of the molecule is CC(=O)OCC(=O)N[C@@H](Cc1ccc(F)c([N+](=O)[O-])c1)C(=O)O. The molecule has 0 radical (unpaired) electrons. The van der Waals surface area contributed by atoms with E-state index >= 15 is 0 Å². The molecule has 0 aliphatic carbocycles. The van der Waals surface area contributed by atoms with Gasteiger partial charge in [-0.3, -0.25) is 19.7 Å². The Hall–Kier alpha value is -3.04.